The van der Waals surface area contributed by atoms with E-state index in [9.17, 15) is 4.79 Å². The summed E-state index contributed by atoms with van der Waals surface area (Å²) in [5, 5.41) is 0. The molecule has 0 spiro atoms. The van der Waals surface area contributed by atoms with Crippen LogP contribution in [0.1, 0.15) is 23.7 Å². The number of hydrogen-bond acceptors (Lipinski definition) is 5. The van der Waals surface area contributed by atoms with E-state index in [1.165, 1.54) is 7.11 Å². The molecule has 1 aromatic carbocycles. The molecule has 0 amide bonds. The van der Waals surface area contributed by atoms with Crippen LogP contribution in [0.4, 0.5) is 11.4 Å². The van der Waals surface area contributed by atoms with Crippen molar-refractivity contribution in [3.05, 3.63) is 23.8 Å². The molecule has 0 radical (unpaired) electrons. The number of hydrogen-bond donors (Lipinski definition) is 1. The molecule has 0 aliphatic carbocycles. The molecular weight excluding hydrogens is 260 g/mol. The van der Waals surface area contributed by atoms with E-state index in [0.717, 1.165) is 17.9 Å². The summed E-state index contributed by atoms with van der Waals surface area (Å²) in [6.45, 7) is 2.13. The van der Waals surface area contributed by atoms with Crippen LogP contribution in [0.25, 0.3) is 0 Å². The second kappa shape index (κ2) is 7.28. The third-order valence-corrected chi connectivity index (χ3v) is 3.87. The van der Waals surface area contributed by atoms with Gasteiger partial charge in [0.05, 0.1) is 24.0 Å². The van der Waals surface area contributed by atoms with Crippen molar-refractivity contribution >= 4 is 29.1 Å². The average molecular weight is 282 g/mol. The zero-order chi connectivity index (χ0) is 14.4. The summed E-state index contributed by atoms with van der Waals surface area (Å²) in [6.07, 6.45) is 3.12. The number of para-hydroxylation sites is 1. The van der Waals surface area contributed by atoms with E-state index in [2.05, 4.69) is 18.1 Å². The lowest BCUT2D eigenvalue weighted by atomic mass is 10.1. The number of nitrogens with two attached hydrogens (primary N) is 1. The first kappa shape index (κ1) is 15.7. The summed E-state index contributed by atoms with van der Waals surface area (Å²) in [5.41, 5.74) is 7.89. The number of ether oxygens (including phenoxy) is 1. The van der Waals surface area contributed by atoms with Gasteiger partial charge in [-0.3, -0.25) is 0 Å². The van der Waals surface area contributed by atoms with Gasteiger partial charge in [-0.05, 0) is 37.5 Å². The first-order chi connectivity index (χ1) is 9.02. The summed E-state index contributed by atoms with van der Waals surface area (Å²) in [6, 6.07) is 5.63. The Labute approximate surface area is 119 Å². The number of carbonyl (C=O) groups excluding carboxylic acids is 1. The summed E-state index contributed by atoms with van der Waals surface area (Å²) in [7, 11) is 3.34. The second-order valence-corrected chi connectivity index (χ2v) is 5.46. The highest BCUT2D eigenvalue weighted by atomic mass is 32.2. The smallest absolute Gasteiger partial charge is 0.340 e. The van der Waals surface area contributed by atoms with Gasteiger partial charge >= 0.3 is 5.97 Å². The number of methoxy groups -OCH3 is 1. The maximum atomic E-state index is 11.8. The van der Waals surface area contributed by atoms with Crippen molar-refractivity contribution in [1.82, 2.24) is 0 Å². The molecule has 0 saturated carbocycles. The quantitative estimate of drug-likeness (QED) is 0.642. The fourth-order valence-electron chi connectivity index (χ4n) is 1.93. The Morgan fingerprint density at radius 2 is 2.21 bits per heavy atom. The molecule has 106 valence electrons. The molecule has 5 heteroatoms. The number of carbonyl (C=O) groups is 1. The topological polar surface area (TPSA) is 55.6 Å². The Kier molecular flexibility index (Phi) is 6.02. The van der Waals surface area contributed by atoms with Crippen molar-refractivity contribution in [1.29, 1.82) is 0 Å². The van der Waals surface area contributed by atoms with Crippen LogP contribution >= 0.6 is 11.8 Å². The van der Waals surface area contributed by atoms with Crippen LogP contribution in [0.15, 0.2) is 18.2 Å². The van der Waals surface area contributed by atoms with Crippen molar-refractivity contribution in [2.45, 2.75) is 19.4 Å². The highest BCUT2D eigenvalue weighted by Gasteiger charge is 2.20. The van der Waals surface area contributed by atoms with Gasteiger partial charge in [-0.2, -0.15) is 11.8 Å². The highest BCUT2D eigenvalue weighted by molar-refractivity contribution is 7.98. The molecule has 1 unspecified atom stereocenters. The van der Waals surface area contributed by atoms with Gasteiger partial charge in [0.25, 0.3) is 0 Å². The third kappa shape index (κ3) is 3.80. The molecule has 0 heterocycles. The molecule has 4 nitrogen and oxygen atoms in total. The molecule has 0 aliphatic heterocycles. The Balaban J connectivity index is 3.07. The minimum atomic E-state index is -0.355. The van der Waals surface area contributed by atoms with E-state index in [1.807, 2.05) is 18.8 Å². The van der Waals surface area contributed by atoms with E-state index >= 15 is 0 Å². The van der Waals surface area contributed by atoms with Gasteiger partial charge < -0.3 is 15.4 Å². The standard InChI is InChI=1S/C14H22N2O2S/c1-10(8-9-19-4)16(2)13-11(14(17)18-3)6-5-7-12(13)15/h5-7,10H,8-9,15H2,1-4H3. The Hall–Kier alpha value is -1.36. The van der Waals surface area contributed by atoms with Crippen LogP contribution in [0, 0.1) is 0 Å². The first-order valence-corrected chi connectivity index (χ1v) is 7.60. The number of nitrogen functional groups attached to an aromatic ring is 1. The summed E-state index contributed by atoms with van der Waals surface area (Å²) in [5.74, 6) is 0.720. The molecule has 19 heavy (non-hydrogen) atoms. The predicted molar refractivity (Wildman–Crippen MR) is 83.1 cm³/mol. The highest BCUT2D eigenvalue weighted by Crippen LogP contribution is 2.29. The number of benzene rings is 1. The predicted octanol–water partition coefficient (Wildman–Crippen LogP) is 2.63. The first-order valence-electron chi connectivity index (χ1n) is 6.21. The maximum absolute atomic E-state index is 11.8. The molecule has 0 bridgehead atoms. The Morgan fingerprint density at radius 3 is 2.79 bits per heavy atom. The lowest BCUT2D eigenvalue weighted by Gasteiger charge is -2.29. The van der Waals surface area contributed by atoms with Gasteiger partial charge in [0.2, 0.25) is 0 Å². The zero-order valence-corrected chi connectivity index (χ0v) is 12.8. The summed E-state index contributed by atoms with van der Waals surface area (Å²) in [4.78, 5) is 13.9. The van der Waals surface area contributed by atoms with E-state index in [0.29, 0.717) is 17.3 Å². The molecule has 2 N–H and O–H groups in total. The summed E-state index contributed by atoms with van der Waals surface area (Å²) < 4.78 is 4.82. The van der Waals surface area contributed by atoms with Gasteiger partial charge in [-0.25, -0.2) is 4.79 Å². The van der Waals surface area contributed by atoms with Crippen molar-refractivity contribution in [2.24, 2.45) is 0 Å². The molecule has 0 aromatic heterocycles. The minimum Gasteiger partial charge on any atom is -0.465 e. The van der Waals surface area contributed by atoms with Crippen LogP contribution in [-0.2, 0) is 4.74 Å². The average Bonchev–Trinajstić information content (AvgIpc) is 2.42. The van der Waals surface area contributed by atoms with Gasteiger partial charge in [-0.1, -0.05) is 6.07 Å². The van der Waals surface area contributed by atoms with Gasteiger partial charge in [0, 0.05) is 13.1 Å². The van der Waals surface area contributed by atoms with E-state index in [1.54, 1.807) is 18.2 Å². The van der Waals surface area contributed by atoms with Crippen molar-refractivity contribution < 1.29 is 9.53 Å². The van der Waals surface area contributed by atoms with Gasteiger partial charge in [0.1, 0.15) is 0 Å². The molecule has 1 aromatic rings. The number of rotatable bonds is 6. The summed E-state index contributed by atoms with van der Waals surface area (Å²) >= 11 is 1.81. The Bertz CT molecular complexity index is 437. The molecular formula is C14H22N2O2S. The van der Waals surface area contributed by atoms with Crippen LogP contribution < -0.4 is 10.6 Å². The molecule has 0 saturated heterocycles. The van der Waals surface area contributed by atoms with Crippen LogP contribution in [0.2, 0.25) is 0 Å². The van der Waals surface area contributed by atoms with Crippen LogP contribution in [-0.4, -0.2) is 38.2 Å². The SMILES string of the molecule is COC(=O)c1cccc(N)c1N(C)C(C)CCSC. The fraction of sp³-hybridized carbons (Fsp3) is 0.500. The lowest BCUT2D eigenvalue weighted by Crippen LogP contribution is -2.31. The van der Waals surface area contributed by atoms with E-state index < -0.39 is 0 Å². The maximum Gasteiger partial charge on any atom is 0.340 e. The minimum absolute atomic E-state index is 0.306. The normalized spacial score (nSPS) is 12.0. The number of esters is 1. The van der Waals surface area contributed by atoms with Crippen LogP contribution in [0.3, 0.4) is 0 Å². The fourth-order valence-corrected chi connectivity index (χ4v) is 2.51. The molecule has 0 aliphatic rings. The molecule has 0 fully saturated rings. The van der Waals surface area contributed by atoms with Gasteiger partial charge in [-0.15, -0.1) is 0 Å². The number of thioether (sulfide) groups is 1. The Morgan fingerprint density at radius 1 is 1.53 bits per heavy atom. The van der Waals surface area contributed by atoms with Crippen molar-refractivity contribution in [3.63, 3.8) is 0 Å². The number of nitrogens with zero attached hydrogens (tertiary/aromatic N) is 1. The monoisotopic (exact) mass is 282 g/mol. The van der Waals surface area contributed by atoms with Gasteiger partial charge in [0.15, 0.2) is 0 Å². The van der Waals surface area contributed by atoms with Crippen molar-refractivity contribution in [2.75, 3.05) is 36.8 Å². The zero-order valence-electron chi connectivity index (χ0n) is 12.0. The van der Waals surface area contributed by atoms with E-state index in [4.69, 9.17) is 10.5 Å². The molecule has 1 rings (SSSR count). The van der Waals surface area contributed by atoms with Crippen molar-refractivity contribution in [3.8, 4) is 0 Å². The van der Waals surface area contributed by atoms with Crippen LogP contribution in [0.5, 0.6) is 0 Å². The largest absolute Gasteiger partial charge is 0.465 e. The molecule has 1 atom stereocenters. The number of anilines is 2. The second-order valence-electron chi connectivity index (χ2n) is 4.48. The van der Waals surface area contributed by atoms with E-state index in [-0.39, 0.29) is 5.97 Å². The third-order valence-electron chi connectivity index (χ3n) is 3.23. The lowest BCUT2D eigenvalue weighted by molar-refractivity contribution is 0.0601.